The molecule has 1 aliphatic rings. The van der Waals surface area contributed by atoms with Crippen molar-refractivity contribution in [3.05, 3.63) is 64.5 Å². The van der Waals surface area contributed by atoms with Crippen LogP contribution in [0.5, 0.6) is 28.7 Å². The van der Waals surface area contributed by atoms with Crippen LogP contribution >= 0.6 is 0 Å². The number of carbonyl (C=O) groups excluding carboxylic acids is 2. The van der Waals surface area contributed by atoms with Crippen LogP contribution in [0.1, 0.15) is 37.7 Å². The second-order valence-corrected chi connectivity index (χ2v) is 7.94. The third-order valence-corrected chi connectivity index (χ3v) is 5.91. The molecule has 0 saturated heterocycles. The van der Waals surface area contributed by atoms with Crippen molar-refractivity contribution >= 4 is 11.8 Å². The van der Waals surface area contributed by atoms with Crippen LogP contribution < -0.4 is 23.7 Å². The van der Waals surface area contributed by atoms with E-state index in [2.05, 4.69) is 0 Å². The summed E-state index contributed by atoms with van der Waals surface area (Å²) in [5.74, 6) is 1.27. The summed E-state index contributed by atoms with van der Waals surface area (Å²) in [6, 6.07) is 10.6. The van der Waals surface area contributed by atoms with E-state index >= 15 is 0 Å². The number of hydrogen-bond acceptors (Lipinski definition) is 8. The van der Waals surface area contributed by atoms with Crippen molar-refractivity contribution in [2.24, 2.45) is 0 Å². The molecule has 9 nitrogen and oxygen atoms in total. The van der Waals surface area contributed by atoms with Gasteiger partial charge in [0.15, 0.2) is 29.6 Å². The smallest absolute Gasteiger partial charge is 0.342 e. The number of nitrogens with zero attached hydrogens (tertiary/aromatic N) is 1. The first-order valence-electron chi connectivity index (χ1n) is 10.9. The number of benzene rings is 2. The van der Waals surface area contributed by atoms with E-state index in [1.54, 1.807) is 12.1 Å². The van der Waals surface area contributed by atoms with Crippen molar-refractivity contribution in [1.82, 2.24) is 4.57 Å². The Hall–Kier alpha value is -4.14. The third kappa shape index (κ3) is 4.62. The average molecular weight is 482 g/mol. The Morgan fingerprint density at radius 3 is 2.34 bits per heavy atom. The molecule has 0 aliphatic carbocycles. The first kappa shape index (κ1) is 24.0. The van der Waals surface area contributed by atoms with E-state index in [4.69, 9.17) is 28.4 Å². The van der Waals surface area contributed by atoms with Crippen molar-refractivity contribution in [2.75, 3.05) is 34.7 Å². The van der Waals surface area contributed by atoms with Crippen LogP contribution in [0.25, 0.3) is 0 Å². The Morgan fingerprint density at radius 2 is 1.63 bits per heavy atom. The summed E-state index contributed by atoms with van der Waals surface area (Å²) in [6.07, 6.45) is 0. The van der Waals surface area contributed by atoms with Gasteiger partial charge in [0.05, 0.1) is 21.3 Å². The lowest BCUT2D eigenvalue weighted by atomic mass is 10.1. The predicted octanol–water partition coefficient (Wildman–Crippen LogP) is 3.95. The number of aromatic nitrogens is 1. The van der Waals surface area contributed by atoms with Crippen molar-refractivity contribution in [1.29, 1.82) is 0 Å². The third-order valence-electron chi connectivity index (χ3n) is 5.91. The van der Waals surface area contributed by atoms with Gasteiger partial charge in [-0.25, -0.2) is 4.79 Å². The number of rotatable bonds is 9. The van der Waals surface area contributed by atoms with E-state index < -0.39 is 12.6 Å². The van der Waals surface area contributed by atoms with Gasteiger partial charge in [0.1, 0.15) is 5.56 Å². The van der Waals surface area contributed by atoms with Crippen molar-refractivity contribution in [3.63, 3.8) is 0 Å². The number of fused-ring (bicyclic) bond motifs is 1. The van der Waals surface area contributed by atoms with E-state index in [0.717, 1.165) is 22.7 Å². The van der Waals surface area contributed by atoms with Gasteiger partial charge in [-0.1, -0.05) is 6.07 Å². The Balaban J connectivity index is 1.48. The van der Waals surface area contributed by atoms with Crippen molar-refractivity contribution < 1.29 is 38.0 Å². The fourth-order valence-electron chi connectivity index (χ4n) is 4.10. The Morgan fingerprint density at radius 1 is 0.886 bits per heavy atom. The zero-order valence-corrected chi connectivity index (χ0v) is 20.3. The van der Waals surface area contributed by atoms with E-state index in [0.29, 0.717) is 23.6 Å². The lowest BCUT2D eigenvalue weighted by Crippen LogP contribution is -2.16. The normalized spacial score (nSPS) is 11.8. The van der Waals surface area contributed by atoms with Crippen LogP contribution in [0.3, 0.4) is 0 Å². The molecule has 3 aromatic rings. The van der Waals surface area contributed by atoms with Gasteiger partial charge in [0.2, 0.25) is 18.3 Å². The quantitative estimate of drug-likeness (QED) is 0.335. The number of aryl methyl sites for hydroxylation is 1. The highest BCUT2D eigenvalue weighted by atomic mass is 16.7. The second kappa shape index (κ2) is 10.0. The SMILES string of the molecule is COc1ccc(C(=O)OCC(=O)c2cc(C)n(Cc3ccc4c(c3)OCO4)c2C)c(OC)c1OC. The molecule has 0 bridgehead atoms. The summed E-state index contributed by atoms with van der Waals surface area (Å²) < 4.78 is 34.1. The predicted molar refractivity (Wildman–Crippen MR) is 126 cm³/mol. The van der Waals surface area contributed by atoms with E-state index in [-0.39, 0.29) is 29.6 Å². The van der Waals surface area contributed by atoms with Gasteiger partial charge in [-0.15, -0.1) is 0 Å². The standard InChI is InChI=1S/C26H27NO8/c1-15-10-19(16(2)27(15)12-17-6-8-21-23(11-17)35-14-34-21)20(28)13-33-26(29)18-7-9-22(30-3)25(32-5)24(18)31-4/h6-11H,12-14H2,1-5H3. The summed E-state index contributed by atoms with van der Waals surface area (Å²) >= 11 is 0. The molecule has 0 fully saturated rings. The van der Waals surface area contributed by atoms with Gasteiger partial charge < -0.3 is 33.0 Å². The number of esters is 1. The number of Topliss-reactive ketones (excluding diaryl/α,β-unsaturated/α-hetero) is 1. The molecular weight excluding hydrogens is 454 g/mol. The van der Waals surface area contributed by atoms with Crippen LogP contribution in [0.2, 0.25) is 0 Å². The zero-order chi connectivity index (χ0) is 25.1. The van der Waals surface area contributed by atoms with E-state index in [1.165, 1.54) is 27.4 Å². The lowest BCUT2D eigenvalue weighted by molar-refractivity contribution is 0.0470. The Bertz CT molecular complexity index is 1280. The van der Waals surface area contributed by atoms with Gasteiger partial charge in [0, 0.05) is 23.5 Å². The van der Waals surface area contributed by atoms with E-state index in [9.17, 15) is 9.59 Å². The molecule has 9 heteroatoms. The molecule has 1 aliphatic heterocycles. The molecule has 4 rings (SSSR count). The number of carbonyl (C=O) groups is 2. The fourth-order valence-corrected chi connectivity index (χ4v) is 4.10. The highest BCUT2D eigenvalue weighted by molar-refractivity contribution is 6.01. The van der Waals surface area contributed by atoms with Gasteiger partial charge in [-0.05, 0) is 49.7 Å². The first-order valence-corrected chi connectivity index (χ1v) is 10.9. The van der Waals surface area contributed by atoms with Crippen molar-refractivity contribution in [2.45, 2.75) is 20.4 Å². The number of methoxy groups -OCH3 is 3. The summed E-state index contributed by atoms with van der Waals surface area (Å²) in [7, 11) is 4.34. The minimum absolute atomic E-state index is 0.131. The monoisotopic (exact) mass is 481 g/mol. The maximum atomic E-state index is 12.9. The number of ether oxygens (including phenoxy) is 6. The molecule has 0 atom stereocenters. The van der Waals surface area contributed by atoms with Crippen LogP contribution in [-0.2, 0) is 11.3 Å². The highest BCUT2D eigenvalue weighted by Crippen LogP contribution is 2.40. The molecule has 0 radical (unpaired) electrons. The molecular formula is C26H27NO8. The van der Waals surface area contributed by atoms with Crippen molar-refractivity contribution in [3.8, 4) is 28.7 Å². The minimum Gasteiger partial charge on any atom is -0.493 e. The molecule has 0 amide bonds. The minimum atomic E-state index is -0.703. The largest absolute Gasteiger partial charge is 0.493 e. The molecule has 1 aromatic heterocycles. The molecule has 0 spiro atoms. The molecule has 35 heavy (non-hydrogen) atoms. The van der Waals surface area contributed by atoms with Crippen LogP contribution in [0, 0.1) is 13.8 Å². The summed E-state index contributed by atoms with van der Waals surface area (Å²) in [6.45, 7) is 4.16. The second-order valence-electron chi connectivity index (χ2n) is 7.94. The topological polar surface area (TPSA) is 94.5 Å². The fraction of sp³-hybridized carbons (Fsp3) is 0.308. The first-order chi connectivity index (χ1) is 16.9. The number of hydrogen-bond donors (Lipinski definition) is 0. The van der Waals surface area contributed by atoms with Gasteiger partial charge in [-0.2, -0.15) is 0 Å². The summed E-state index contributed by atoms with van der Waals surface area (Å²) in [4.78, 5) is 25.7. The summed E-state index contributed by atoms with van der Waals surface area (Å²) in [5.41, 5.74) is 3.34. The average Bonchev–Trinajstić information content (AvgIpc) is 3.45. The van der Waals surface area contributed by atoms with Crippen LogP contribution in [0.4, 0.5) is 0 Å². The summed E-state index contributed by atoms with van der Waals surface area (Å²) in [5, 5.41) is 0. The number of ketones is 1. The molecule has 184 valence electrons. The van der Waals surface area contributed by atoms with Gasteiger partial charge in [0.25, 0.3) is 0 Å². The zero-order valence-electron chi connectivity index (χ0n) is 20.3. The highest BCUT2D eigenvalue weighted by Gasteiger charge is 2.24. The van der Waals surface area contributed by atoms with Crippen LogP contribution in [0.15, 0.2) is 36.4 Å². The Kier molecular flexibility index (Phi) is 6.86. The molecule has 0 unspecified atom stereocenters. The molecule has 0 N–H and O–H groups in total. The molecule has 2 heterocycles. The molecule has 2 aromatic carbocycles. The molecule has 0 saturated carbocycles. The van der Waals surface area contributed by atoms with Gasteiger partial charge >= 0.3 is 5.97 Å². The van der Waals surface area contributed by atoms with Crippen LogP contribution in [-0.4, -0.2) is 51.0 Å². The maximum Gasteiger partial charge on any atom is 0.342 e. The van der Waals surface area contributed by atoms with E-state index in [1.807, 2.05) is 36.6 Å². The maximum absolute atomic E-state index is 12.9. The van der Waals surface area contributed by atoms with Gasteiger partial charge in [-0.3, -0.25) is 4.79 Å². The lowest BCUT2D eigenvalue weighted by Gasteiger charge is -2.15. The Labute approximate surface area is 203 Å².